The number of nitrogens with two attached hydrogens (primary N) is 1. The Morgan fingerprint density at radius 1 is 1.23 bits per heavy atom. The van der Waals surface area contributed by atoms with Gasteiger partial charge in [-0.25, -0.2) is 0 Å². The Kier molecular flexibility index (Phi) is 3.52. The van der Waals surface area contributed by atoms with Gasteiger partial charge in [-0.05, 0) is 13.0 Å². The van der Waals surface area contributed by atoms with Crippen LogP contribution in [0.2, 0.25) is 0 Å². The lowest BCUT2D eigenvalue weighted by molar-refractivity contribution is 0.382. The van der Waals surface area contributed by atoms with Crippen molar-refractivity contribution in [2.24, 2.45) is 5.73 Å². The van der Waals surface area contributed by atoms with Crippen LogP contribution < -0.4 is 15.2 Å². The van der Waals surface area contributed by atoms with Crippen LogP contribution in [0.25, 0.3) is 0 Å². The smallest absolute Gasteiger partial charge is 0.144 e. The zero-order valence-corrected chi connectivity index (χ0v) is 7.91. The molecule has 1 heterocycles. The predicted octanol–water partition coefficient (Wildman–Crippen LogP) is 0.600. The summed E-state index contributed by atoms with van der Waals surface area (Å²) >= 11 is 0. The van der Waals surface area contributed by atoms with Crippen molar-refractivity contribution in [2.45, 2.75) is 6.42 Å². The number of methoxy groups -OCH3 is 2. The van der Waals surface area contributed by atoms with Gasteiger partial charge in [-0.1, -0.05) is 0 Å². The molecule has 0 spiro atoms. The van der Waals surface area contributed by atoms with E-state index in [-0.39, 0.29) is 0 Å². The normalized spacial score (nSPS) is 9.77. The summed E-state index contributed by atoms with van der Waals surface area (Å²) in [5.74, 6) is 1.45. The summed E-state index contributed by atoms with van der Waals surface area (Å²) in [6.45, 7) is 0.566. The number of ether oxygens (including phenoxy) is 2. The Morgan fingerprint density at radius 3 is 2.15 bits per heavy atom. The topological polar surface area (TPSA) is 57.4 Å². The molecule has 0 saturated carbocycles. The molecular weight excluding hydrogens is 168 g/mol. The lowest BCUT2D eigenvalue weighted by atomic mass is 10.1. The van der Waals surface area contributed by atoms with Gasteiger partial charge in [0, 0.05) is 5.56 Å². The summed E-state index contributed by atoms with van der Waals surface area (Å²) in [7, 11) is 3.22. The largest absolute Gasteiger partial charge is 0.495 e. The maximum atomic E-state index is 5.48. The molecule has 0 bridgehead atoms. The molecule has 0 aliphatic heterocycles. The molecule has 0 atom stereocenters. The second-order valence-corrected chi connectivity index (χ2v) is 2.56. The molecule has 72 valence electrons. The number of hydrogen-bond acceptors (Lipinski definition) is 4. The van der Waals surface area contributed by atoms with Gasteiger partial charge in [-0.2, -0.15) is 0 Å². The van der Waals surface area contributed by atoms with E-state index in [1.807, 2.05) is 0 Å². The minimum absolute atomic E-state index is 0.566. The quantitative estimate of drug-likeness (QED) is 0.740. The summed E-state index contributed by atoms with van der Waals surface area (Å²) < 4.78 is 10.3. The summed E-state index contributed by atoms with van der Waals surface area (Å²) in [5, 5.41) is 0. The van der Waals surface area contributed by atoms with E-state index in [0.717, 1.165) is 23.5 Å². The fourth-order valence-electron chi connectivity index (χ4n) is 1.19. The van der Waals surface area contributed by atoms with Crippen molar-refractivity contribution in [3.8, 4) is 11.5 Å². The number of pyridine rings is 1. The third-order valence-electron chi connectivity index (χ3n) is 1.81. The molecule has 4 nitrogen and oxygen atoms in total. The molecule has 0 fully saturated rings. The van der Waals surface area contributed by atoms with Gasteiger partial charge in [0.05, 0.1) is 26.6 Å². The highest BCUT2D eigenvalue weighted by atomic mass is 16.5. The first-order valence-corrected chi connectivity index (χ1v) is 4.08. The van der Waals surface area contributed by atoms with Crippen LogP contribution in [0.15, 0.2) is 12.4 Å². The summed E-state index contributed by atoms with van der Waals surface area (Å²) in [5.41, 5.74) is 6.45. The standard InChI is InChI=1S/C9H14N2O2/c1-12-8-5-11-6-9(13-2)7(8)3-4-10/h5-6H,3-4,10H2,1-2H3. The molecule has 2 N–H and O–H groups in total. The maximum Gasteiger partial charge on any atom is 0.144 e. The number of nitrogens with zero attached hydrogens (tertiary/aromatic N) is 1. The SMILES string of the molecule is COc1cncc(OC)c1CCN. The van der Waals surface area contributed by atoms with Crippen molar-refractivity contribution in [3.05, 3.63) is 18.0 Å². The Bertz CT molecular complexity index is 254. The first-order valence-electron chi connectivity index (χ1n) is 4.08. The van der Waals surface area contributed by atoms with Crippen LogP contribution in [0, 0.1) is 0 Å². The van der Waals surface area contributed by atoms with Crippen molar-refractivity contribution < 1.29 is 9.47 Å². The lowest BCUT2D eigenvalue weighted by Crippen LogP contribution is -2.06. The van der Waals surface area contributed by atoms with E-state index in [0.29, 0.717) is 6.54 Å². The fraction of sp³-hybridized carbons (Fsp3) is 0.444. The molecule has 0 aliphatic carbocycles. The van der Waals surface area contributed by atoms with Crippen molar-refractivity contribution in [2.75, 3.05) is 20.8 Å². The molecule has 13 heavy (non-hydrogen) atoms. The van der Waals surface area contributed by atoms with Gasteiger partial charge in [-0.15, -0.1) is 0 Å². The molecule has 1 rings (SSSR count). The number of aromatic nitrogens is 1. The van der Waals surface area contributed by atoms with E-state index in [1.54, 1.807) is 26.6 Å². The van der Waals surface area contributed by atoms with Gasteiger partial charge in [0.2, 0.25) is 0 Å². The van der Waals surface area contributed by atoms with E-state index in [2.05, 4.69) is 4.98 Å². The van der Waals surface area contributed by atoms with E-state index in [1.165, 1.54) is 0 Å². The molecule has 0 amide bonds. The number of hydrogen-bond donors (Lipinski definition) is 1. The van der Waals surface area contributed by atoms with Crippen molar-refractivity contribution >= 4 is 0 Å². The molecule has 0 aromatic carbocycles. The third-order valence-corrected chi connectivity index (χ3v) is 1.81. The monoisotopic (exact) mass is 182 g/mol. The van der Waals surface area contributed by atoms with Gasteiger partial charge in [0.25, 0.3) is 0 Å². The van der Waals surface area contributed by atoms with Gasteiger partial charge in [0.15, 0.2) is 0 Å². The zero-order chi connectivity index (χ0) is 9.68. The fourth-order valence-corrected chi connectivity index (χ4v) is 1.19. The average molecular weight is 182 g/mol. The van der Waals surface area contributed by atoms with E-state index in [9.17, 15) is 0 Å². The van der Waals surface area contributed by atoms with Crippen LogP contribution >= 0.6 is 0 Å². The summed E-state index contributed by atoms with van der Waals surface area (Å²) in [6.07, 6.45) is 4.05. The molecular formula is C9H14N2O2. The van der Waals surface area contributed by atoms with E-state index in [4.69, 9.17) is 15.2 Å². The van der Waals surface area contributed by atoms with Gasteiger partial charge in [0.1, 0.15) is 11.5 Å². The van der Waals surface area contributed by atoms with Crippen LogP contribution in [-0.4, -0.2) is 25.7 Å². The second kappa shape index (κ2) is 4.67. The molecule has 0 saturated heterocycles. The second-order valence-electron chi connectivity index (χ2n) is 2.56. The van der Waals surface area contributed by atoms with Gasteiger partial charge in [-0.3, -0.25) is 4.98 Å². The highest BCUT2D eigenvalue weighted by molar-refractivity contribution is 5.41. The van der Waals surface area contributed by atoms with Crippen LogP contribution in [0.4, 0.5) is 0 Å². The Hall–Kier alpha value is -1.29. The summed E-state index contributed by atoms with van der Waals surface area (Å²) in [4.78, 5) is 3.98. The van der Waals surface area contributed by atoms with E-state index < -0.39 is 0 Å². The number of rotatable bonds is 4. The average Bonchev–Trinajstić information content (AvgIpc) is 2.18. The highest BCUT2D eigenvalue weighted by Gasteiger charge is 2.08. The molecule has 1 aromatic heterocycles. The first-order chi connectivity index (χ1) is 6.33. The minimum atomic E-state index is 0.566. The highest BCUT2D eigenvalue weighted by Crippen LogP contribution is 2.26. The van der Waals surface area contributed by atoms with E-state index >= 15 is 0 Å². The molecule has 4 heteroatoms. The molecule has 0 radical (unpaired) electrons. The van der Waals surface area contributed by atoms with Crippen molar-refractivity contribution in [3.63, 3.8) is 0 Å². The van der Waals surface area contributed by atoms with Crippen molar-refractivity contribution in [1.29, 1.82) is 0 Å². The summed E-state index contributed by atoms with van der Waals surface area (Å²) in [6, 6.07) is 0. The Labute approximate surface area is 77.7 Å². The van der Waals surface area contributed by atoms with Gasteiger partial charge >= 0.3 is 0 Å². The first kappa shape index (κ1) is 9.80. The van der Waals surface area contributed by atoms with Gasteiger partial charge < -0.3 is 15.2 Å². The molecule has 0 unspecified atom stereocenters. The van der Waals surface area contributed by atoms with Crippen LogP contribution in [0.3, 0.4) is 0 Å². The van der Waals surface area contributed by atoms with Crippen LogP contribution in [0.5, 0.6) is 11.5 Å². The lowest BCUT2D eigenvalue weighted by Gasteiger charge is -2.10. The third kappa shape index (κ3) is 2.09. The predicted molar refractivity (Wildman–Crippen MR) is 50.1 cm³/mol. The minimum Gasteiger partial charge on any atom is -0.495 e. The Morgan fingerprint density at radius 2 is 1.77 bits per heavy atom. The van der Waals surface area contributed by atoms with Crippen LogP contribution in [0.1, 0.15) is 5.56 Å². The van der Waals surface area contributed by atoms with Crippen molar-refractivity contribution in [1.82, 2.24) is 4.98 Å². The molecule has 0 aliphatic rings. The van der Waals surface area contributed by atoms with Crippen LogP contribution in [-0.2, 0) is 6.42 Å². The zero-order valence-electron chi connectivity index (χ0n) is 7.91. The maximum absolute atomic E-state index is 5.48. The Balaban J connectivity index is 3.05. The molecule has 1 aromatic rings.